The fourth-order valence-electron chi connectivity index (χ4n) is 2.85. The second-order valence-corrected chi connectivity index (χ2v) is 6.87. The Kier molecular flexibility index (Phi) is 9.25. The number of aryl methyl sites for hydroxylation is 1. The van der Waals surface area contributed by atoms with Gasteiger partial charge in [0.25, 0.3) is 0 Å². The third-order valence-corrected chi connectivity index (χ3v) is 4.54. The second-order valence-electron chi connectivity index (χ2n) is 6.87. The summed E-state index contributed by atoms with van der Waals surface area (Å²) in [5.41, 5.74) is 2.23. The highest BCUT2D eigenvalue weighted by atomic mass is 16.5. The van der Waals surface area contributed by atoms with Crippen LogP contribution in [0.3, 0.4) is 0 Å². The summed E-state index contributed by atoms with van der Waals surface area (Å²) in [7, 11) is 0. The van der Waals surface area contributed by atoms with Crippen molar-refractivity contribution in [3.8, 4) is 6.01 Å². The number of unbranched alkanes of at least 4 members (excludes halogenated alkanes) is 5. The smallest absolute Gasteiger partial charge is 0.338 e. The highest BCUT2D eigenvalue weighted by molar-refractivity contribution is 5.83. The van der Waals surface area contributed by atoms with Gasteiger partial charge in [-0.05, 0) is 29.9 Å². The number of carbonyl (C=O) groups excluding carboxylic acids is 1. The molecule has 0 saturated heterocycles. The Morgan fingerprint density at radius 3 is 2.41 bits per heavy atom. The molecule has 0 spiro atoms. The van der Waals surface area contributed by atoms with Crippen LogP contribution in [0.15, 0.2) is 54.9 Å². The first-order chi connectivity index (χ1) is 13.2. The highest BCUT2D eigenvalue weighted by Crippen LogP contribution is 2.16. The fourth-order valence-corrected chi connectivity index (χ4v) is 2.85. The van der Waals surface area contributed by atoms with Gasteiger partial charge >= 0.3 is 12.0 Å². The number of aromatic nitrogens is 2. The van der Waals surface area contributed by atoms with Crippen molar-refractivity contribution in [2.24, 2.45) is 0 Å². The Morgan fingerprint density at radius 1 is 1.04 bits per heavy atom. The summed E-state index contributed by atoms with van der Waals surface area (Å²) >= 11 is 0. The molecule has 27 heavy (non-hydrogen) atoms. The summed E-state index contributed by atoms with van der Waals surface area (Å²) in [4.78, 5) is 20.2. The summed E-state index contributed by atoms with van der Waals surface area (Å²) < 4.78 is 5.18. The number of allylic oxidation sites excluding steroid dienone is 1. The first-order valence-corrected chi connectivity index (χ1v) is 9.95. The predicted molar refractivity (Wildman–Crippen MR) is 109 cm³/mol. The van der Waals surface area contributed by atoms with Crippen molar-refractivity contribution in [3.05, 3.63) is 66.0 Å². The van der Waals surface area contributed by atoms with E-state index in [2.05, 4.69) is 16.9 Å². The summed E-state index contributed by atoms with van der Waals surface area (Å²) in [6, 6.07) is 10.1. The summed E-state index contributed by atoms with van der Waals surface area (Å²) in [5.74, 6) is -0.319. The lowest BCUT2D eigenvalue weighted by Gasteiger charge is -2.06. The van der Waals surface area contributed by atoms with Gasteiger partial charge in [0.15, 0.2) is 0 Å². The van der Waals surface area contributed by atoms with Crippen LogP contribution in [0.4, 0.5) is 0 Å². The molecule has 1 aromatic carbocycles. The van der Waals surface area contributed by atoms with E-state index in [-0.39, 0.29) is 11.9 Å². The lowest BCUT2D eigenvalue weighted by Crippen LogP contribution is -2.07. The molecule has 2 rings (SSSR count). The molecule has 0 saturated carbocycles. The largest absolute Gasteiger partial charge is 0.388 e. The van der Waals surface area contributed by atoms with Crippen molar-refractivity contribution in [1.29, 1.82) is 0 Å². The number of esters is 1. The maximum atomic E-state index is 11.9. The lowest BCUT2D eigenvalue weighted by atomic mass is 10.0. The van der Waals surface area contributed by atoms with Crippen LogP contribution >= 0.6 is 0 Å². The Balaban J connectivity index is 1.73. The molecule has 0 aliphatic heterocycles. The first-order valence-electron chi connectivity index (χ1n) is 9.95. The molecule has 1 atom stereocenters. The molecule has 4 nitrogen and oxygen atoms in total. The minimum absolute atomic E-state index is 0.101. The quantitative estimate of drug-likeness (QED) is 0.293. The van der Waals surface area contributed by atoms with Gasteiger partial charge in [0.1, 0.15) is 0 Å². The van der Waals surface area contributed by atoms with Gasteiger partial charge in [-0.2, -0.15) is 0 Å². The van der Waals surface area contributed by atoms with Gasteiger partial charge in [0.05, 0.1) is 0 Å². The third kappa shape index (κ3) is 8.16. The minimum Gasteiger partial charge on any atom is -0.388 e. The Morgan fingerprint density at radius 2 is 1.70 bits per heavy atom. The average Bonchev–Trinajstić information content (AvgIpc) is 2.70. The van der Waals surface area contributed by atoms with E-state index in [1.54, 1.807) is 12.4 Å². The zero-order valence-corrected chi connectivity index (χ0v) is 16.4. The molecular weight excluding hydrogens is 336 g/mol. The van der Waals surface area contributed by atoms with Crippen LogP contribution in [0.25, 0.3) is 0 Å². The number of hydrogen-bond acceptors (Lipinski definition) is 4. The molecule has 0 radical (unpaired) electrons. The van der Waals surface area contributed by atoms with Crippen LogP contribution < -0.4 is 4.74 Å². The number of rotatable bonds is 11. The Labute approximate surface area is 162 Å². The van der Waals surface area contributed by atoms with Crippen molar-refractivity contribution in [3.63, 3.8) is 0 Å². The molecule has 0 fully saturated rings. The standard InChI is InChI=1S/C23H30N2O2/c1-3-4-5-6-7-9-12-20-17-24-23(25-18-20)27-22(26)16-15-19(2)21-13-10-8-11-14-21/h8,10-11,13-19H,3-7,9,12H2,1-2H3/b16-15+. The van der Waals surface area contributed by atoms with Crippen LogP contribution in [0.1, 0.15) is 69.4 Å². The number of carbonyl (C=O) groups is 1. The summed E-state index contributed by atoms with van der Waals surface area (Å²) in [5, 5.41) is 0. The molecule has 4 heteroatoms. The van der Waals surface area contributed by atoms with Gasteiger partial charge in [-0.1, -0.05) is 82.4 Å². The van der Waals surface area contributed by atoms with Crippen molar-refractivity contribution in [1.82, 2.24) is 9.97 Å². The van der Waals surface area contributed by atoms with E-state index in [0.29, 0.717) is 0 Å². The van der Waals surface area contributed by atoms with Crippen LogP contribution in [0.2, 0.25) is 0 Å². The molecule has 1 heterocycles. The van der Waals surface area contributed by atoms with Crippen molar-refractivity contribution in [2.45, 2.75) is 64.7 Å². The third-order valence-electron chi connectivity index (χ3n) is 4.54. The topological polar surface area (TPSA) is 52.1 Å². The number of nitrogens with zero attached hydrogens (tertiary/aromatic N) is 2. The molecular formula is C23H30N2O2. The van der Waals surface area contributed by atoms with E-state index in [1.807, 2.05) is 43.3 Å². The zero-order chi connectivity index (χ0) is 19.3. The maximum absolute atomic E-state index is 11.9. The van der Waals surface area contributed by atoms with Gasteiger partial charge < -0.3 is 4.74 Å². The molecule has 0 aliphatic rings. The van der Waals surface area contributed by atoms with Crippen LogP contribution in [-0.2, 0) is 11.2 Å². The minimum atomic E-state index is -0.457. The molecule has 1 aromatic heterocycles. The van der Waals surface area contributed by atoms with Gasteiger partial charge in [-0.15, -0.1) is 0 Å². The van der Waals surface area contributed by atoms with Gasteiger partial charge in [0, 0.05) is 18.5 Å². The van der Waals surface area contributed by atoms with E-state index < -0.39 is 5.97 Å². The number of benzene rings is 1. The monoisotopic (exact) mass is 366 g/mol. The molecule has 0 N–H and O–H groups in total. The normalized spacial score (nSPS) is 12.2. The fraction of sp³-hybridized carbons (Fsp3) is 0.435. The van der Waals surface area contributed by atoms with Crippen LogP contribution in [0.5, 0.6) is 6.01 Å². The zero-order valence-electron chi connectivity index (χ0n) is 16.4. The predicted octanol–water partition coefficient (Wildman–Crippen LogP) is 5.64. The molecule has 2 aromatic rings. The van der Waals surface area contributed by atoms with Crippen LogP contribution in [0, 0.1) is 0 Å². The highest BCUT2D eigenvalue weighted by Gasteiger charge is 2.06. The Hall–Kier alpha value is -2.49. The summed E-state index contributed by atoms with van der Waals surface area (Å²) in [6.07, 6.45) is 15.3. The van der Waals surface area contributed by atoms with E-state index >= 15 is 0 Å². The van der Waals surface area contributed by atoms with E-state index in [1.165, 1.54) is 38.2 Å². The first kappa shape index (κ1) is 20.8. The van der Waals surface area contributed by atoms with Gasteiger partial charge in [0.2, 0.25) is 0 Å². The molecule has 1 unspecified atom stereocenters. The molecule has 144 valence electrons. The van der Waals surface area contributed by atoms with Crippen molar-refractivity contribution >= 4 is 5.97 Å². The van der Waals surface area contributed by atoms with Gasteiger partial charge in [-0.3, -0.25) is 0 Å². The van der Waals surface area contributed by atoms with Crippen molar-refractivity contribution in [2.75, 3.05) is 0 Å². The molecule has 0 amide bonds. The SMILES string of the molecule is CCCCCCCCc1cnc(OC(=O)/C=C/C(C)c2ccccc2)nc1. The van der Waals surface area contributed by atoms with Gasteiger partial charge in [-0.25, -0.2) is 14.8 Å². The molecule has 0 aliphatic carbocycles. The number of ether oxygens (including phenoxy) is 1. The van der Waals surface area contributed by atoms with E-state index in [9.17, 15) is 4.79 Å². The van der Waals surface area contributed by atoms with Crippen molar-refractivity contribution < 1.29 is 9.53 Å². The van der Waals surface area contributed by atoms with Crippen LogP contribution in [-0.4, -0.2) is 15.9 Å². The lowest BCUT2D eigenvalue weighted by molar-refractivity contribution is -0.129. The summed E-state index contributed by atoms with van der Waals surface area (Å²) in [6.45, 7) is 4.26. The number of hydrogen-bond donors (Lipinski definition) is 0. The van der Waals surface area contributed by atoms with E-state index in [0.717, 1.165) is 24.0 Å². The molecule has 0 bridgehead atoms. The average molecular weight is 367 g/mol. The Bertz CT molecular complexity index is 696. The second kappa shape index (κ2) is 12.0. The maximum Gasteiger partial charge on any atom is 0.338 e. The van der Waals surface area contributed by atoms with E-state index in [4.69, 9.17) is 4.74 Å².